The summed E-state index contributed by atoms with van der Waals surface area (Å²) >= 11 is 0. The van der Waals surface area contributed by atoms with Crippen LogP contribution >= 0.6 is 0 Å². The average Bonchev–Trinajstić information content (AvgIpc) is 2.66. The molecule has 3 nitrogen and oxygen atoms in total. The fourth-order valence-electron chi connectivity index (χ4n) is 2.88. The van der Waals surface area contributed by atoms with Crippen molar-refractivity contribution in [1.29, 1.82) is 0 Å². The van der Waals surface area contributed by atoms with Crippen molar-refractivity contribution in [3.8, 4) is 0 Å². The monoisotopic (exact) mass is 201 g/mol. The van der Waals surface area contributed by atoms with Crippen LogP contribution in [0.4, 0.5) is 11.4 Å². The highest BCUT2D eigenvalue weighted by Gasteiger charge is 2.35. The molecule has 0 saturated heterocycles. The fourth-order valence-corrected chi connectivity index (χ4v) is 2.88. The molecule has 0 amide bonds. The lowest BCUT2D eigenvalue weighted by Crippen LogP contribution is -2.28. The van der Waals surface area contributed by atoms with Crippen LogP contribution in [0.3, 0.4) is 0 Å². The summed E-state index contributed by atoms with van der Waals surface area (Å²) in [7, 11) is 0. The maximum absolute atomic E-state index is 5.99. The van der Waals surface area contributed by atoms with Gasteiger partial charge in [0.15, 0.2) is 0 Å². The van der Waals surface area contributed by atoms with E-state index < -0.39 is 0 Å². The van der Waals surface area contributed by atoms with Crippen molar-refractivity contribution in [2.45, 2.75) is 25.2 Å². The number of anilines is 1. The third-order valence-corrected chi connectivity index (χ3v) is 3.60. The van der Waals surface area contributed by atoms with Gasteiger partial charge in [0.2, 0.25) is 0 Å². The largest absolute Gasteiger partial charge is 0.399 e. The van der Waals surface area contributed by atoms with E-state index in [1.54, 1.807) is 0 Å². The second-order valence-corrected chi connectivity index (χ2v) is 4.50. The molecule has 1 aromatic rings. The van der Waals surface area contributed by atoms with Crippen molar-refractivity contribution < 1.29 is 0 Å². The van der Waals surface area contributed by atoms with Crippen LogP contribution in [0.1, 0.15) is 30.7 Å². The van der Waals surface area contributed by atoms with Crippen LogP contribution in [-0.4, -0.2) is 5.84 Å². The van der Waals surface area contributed by atoms with Gasteiger partial charge < -0.3 is 11.5 Å². The van der Waals surface area contributed by atoms with E-state index in [1.807, 2.05) is 12.1 Å². The molecule has 1 aliphatic heterocycles. The minimum atomic E-state index is 0.473. The summed E-state index contributed by atoms with van der Waals surface area (Å²) in [5.41, 5.74) is 14.8. The SMILES string of the molecule is NC1=Nc2cc(N)ccc2C2CCCC12. The van der Waals surface area contributed by atoms with Gasteiger partial charge in [-0.05, 0) is 36.5 Å². The minimum Gasteiger partial charge on any atom is -0.399 e. The molecule has 1 heterocycles. The Hall–Kier alpha value is -1.51. The normalized spacial score (nSPS) is 28.1. The van der Waals surface area contributed by atoms with Crippen molar-refractivity contribution in [3.05, 3.63) is 23.8 Å². The zero-order chi connectivity index (χ0) is 10.4. The van der Waals surface area contributed by atoms with E-state index in [1.165, 1.54) is 24.8 Å². The molecule has 78 valence electrons. The van der Waals surface area contributed by atoms with Crippen molar-refractivity contribution in [2.75, 3.05) is 5.73 Å². The molecule has 4 N–H and O–H groups in total. The van der Waals surface area contributed by atoms with Crippen LogP contribution in [0.2, 0.25) is 0 Å². The second-order valence-electron chi connectivity index (χ2n) is 4.50. The first-order valence-corrected chi connectivity index (χ1v) is 5.49. The van der Waals surface area contributed by atoms with E-state index in [-0.39, 0.29) is 0 Å². The molecule has 15 heavy (non-hydrogen) atoms. The van der Waals surface area contributed by atoms with E-state index in [2.05, 4.69) is 11.1 Å². The fraction of sp³-hybridized carbons (Fsp3) is 0.417. The number of aliphatic imine (C=N–C) groups is 1. The average molecular weight is 201 g/mol. The standard InChI is InChI=1S/C12H15N3/c13-7-4-5-9-8-2-1-3-10(8)12(14)15-11(9)6-7/h4-6,8,10H,1-3,13H2,(H2,14,15). The number of fused-ring (bicyclic) bond motifs is 3. The van der Waals surface area contributed by atoms with Crippen LogP contribution in [0, 0.1) is 5.92 Å². The minimum absolute atomic E-state index is 0.473. The number of hydrogen-bond acceptors (Lipinski definition) is 3. The number of nitrogen functional groups attached to an aromatic ring is 1. The second kappa shape index (κ2) is 2.99. The molecule has 0 aromatic heterocycles. The number of nitrogens with zero attached hydrogens (tertiary/aromatic N) is 1. The molecule has 3 rings (SSSR count). The number of hydrogen-bond donors (Lipinski definition) is 2. The molecule has 2 atom stereocenters. The van der Waals surface area contributed by atoms with E-state index in [0.29, 0.717) is 11.8 Å². The number of benzene rings is 1. The molecule has 0 bridgehead atoms. The molecule has 0 spiro atoms. The van der Waals surface area contributed by atoms with Gasteiger partial charge in [-0.2, -0.15) is 0 Å². The summed E-state index contributed by atoms with van der Waals surface area (Å²) in [6, 6.07) is 6.01. The first-order chi connectivity index (χ1) is 7.25. The van der Waals surface area contributed by atoms with Gasteiger partial charge in [-0.15, -0.1) is 0 Å². The number of amidine groups is 1. The highest BCUT2D eigenvalue weighted by Crippen LogP contribution is 2.46. The summed E-state index contributed by atoms with van der Waals surface area (Å²) in [6.45, 7) is 0. The van der Waals surface area contributed by atoms with Gasteiger partial charge >= 0.3 is 0 Å². The Morgan fingerprint density at radius 2 is 1.93 bits per heavy atom. The van der Waals surface area contributed by atoms with Crippen LogP contribution < -0.4 is 11.5 Å². The van der Waals surface area contributed by atoms with E-state index >= 15 is 0 Å². The third kappa shape index (κ3) is 1.23. The summed E-state index contributed by atoms with van der Waals surface area (Å²) in [5.74, 6) is 1.86. The van der Waals surface area contributed by atoms with E-state index in [9.17, 15) is 0 Å². The zero-order valence-corrected chi connectivity index (χ0v) is 8.61. The van der Waals surface area contributed by atoms with Crippen LogP contribution in [0.25, 0.3) is 0 Å². The Morgan fingerprint density at radius 3 is 2.80 bits per heavy atom. The molecule has 2 unspecified atom stereocenters. The smallest absolute Gasteiger partial charge is 0.103 e. The van der Waals surface area contributed by atoms with Gasteiger partial charge in [0.25, 0.3) is 0 Å². The lowest BCUT2D eigenvalue weighted by atomic mass is 9.85. The van der Waals surface area contributed by atoms with Gasteiger partial charge in [-0.1, -0.05) is 12.5 Å². The summed E-state index contributed by atoms with van der Waals surface area (Å²) < 4.78 is 0. The maximum Gasteiger partial charge on any atom is 0.103 e. The molecule has 1 saturated carbocycles. The lowest BCUT2D eigenvalue weighted by Gasteiger charge is -2.26. The summed E-state index contributed by atoms with van der Waals surface area (Å²) in [5, 5.41) is 0. The van der Waals surface area contributed by atoms with Crippen molar-refractivity contribution in [1.82, 2.24) is 0 Å². The lowest BCUT2D eigenvalue weighted by molar-refractivity contribution is 0.610. The highest BCUT2D eigenvalue weighted by atomic mass is 14.9. The molecule has 2 aliphatic rings. The Bertz CT molecular complexity index is 436. The van der Waals surface area contributed by atoms with Gasteiger partial charge in [-0.3, -0.25) is 0 Å². The molecule has 1 fully saturated rings. The maximum atomic E-state index is 5.99. The van der Waals surface area contributed by atoms with E-state index in [4.69, 9.17) is 11.5 Å². The third-order valence-electron chi connectivity index (χ3n) is 3.60. The van der Waals surface area contributed by atoms with Gasteiger partial charge in [0.1, 0.15) is 5.84 Å². The van der Waals surface area contributed by atoms with Crippen LogP contribution in [0.5, 0.6) is 0 Å². The summed E-state index contributed by atoms with van der Waals surface area (Å²) in [6.07, 6.45) is 3.68. The zero-order valence-electron chi connectivity index (χ0n) is 8.61. The first kappa shape index (κ1) is 8.77. The first-order valence-electron chi connectivity index (χ1n) is 5.49. The predicted octanol–water partition coefficient (Wildman–Crippen LogP) is 2.15. The molecular weight excluding hydrogens is 186 g/mol. The van der Waals surface area contributed by atoms with Gasteiger partial charge in [0.05, 0.1) is 5.69 Å². The Labute approximate surface area is 89.2 Å². The van der Waals surface area contributed by atoms with Crippen molar-refractivity contribution >= 4 is 17.2 Å². The number of nitrogens with two attached hydrogens (primary N) is 2. The predicted molar refractivity (Wildman–Crippen MR) is 62.2 cm³/mol. The topological polar surface area (TPSA) is 64.4 Å². The Morgan fingerprint density at radius 1 is 1.13 bits per heavy atom. The summed E-state index contributed by atoms with van der Waals surface area (Å²) in [4.78, 5) is 4.46. The Kier molecular flexibility index (Phi) is 1.75. The highest BCUT2D eigenvalue weighted by molar-refractivity contribution is 5.89. The quantitative estimate of drug-likeness (QED) is 0.632. The molecule has 1 aromatic carbocycles. The molecule has 3 heteroatoms. The van der Waals surface area contributed by atoms with Gasteiger partial charge in [0, 0.05) is 11.6 Å². The van der Waals surface area contributed by atoms with Crippen molar-refractivity contribution in [3.63, 3.8) is 0 Å². The Balaban J connectivity index is 2.16. The van der Waals surface area contributed by atoms with Gasteiger partial charge in [-0.25, -0.2) is 4.99 Å². The van der Waals surface area contributed by atoms with Crippen LogP contribution in [0.15, 0.2) is 23.2 Å². The molecule has 0 radical (unpaired) electrons. The molecular formula is C12H15N3. The molecule has 1 aliphatic carbocycles. The van der Waals surface area contributed by atoms with E-state index in [0.717, 1.165) is 17.2 Å². The van der Waals surface area contributed by atoms with Crippen LogP contribution in [-0.2, 0) is 0 Å². The number of rotatable bonds is 0. The van der Waals surface area contributed by atoms with Crippen molar-refractivity contribution in [2.24, 2.45) is 16.6 Å².